The van der Waals surface area contributed by atoms with Gasteiger partial charge >= 0.3 is 0 Å². The van der Waals surface area contributed by atoms with Crippen LogP contribution >= 0.6 is 0 Å². The highest BCUT2D eigenvalue weighted by Crippen LogP contribution is 2.16. The van der Waals surface area contributed by atoms with Crippen LogP contribution in [0.5, 0.6) is 0 Å². The first-order valence-electron chi connectivity index (χ1n) is 7.51. The maximum absolute atomic E-state index is 3.58. The van der Waals surface area contributed by atoms with Crippen LogP contribution in [0.1, 0.15) is 43.5 Å². The zero-order valence-electron chi connectivity index (χ0n) is 12.8. The Morgan fingerprint density at radius 2 is 1.45 bits per heavy atom. The molecular weight excluding hydrogens is 242 g/mol. The molecule has 2 aromatic carbocycles. The van der Waals surface area contributed by atoms with E-state index in [0.29, 0.717) is 6.04 Å². The van der Waals surface area contributed by atoms with Crippen LogP contribution in [0.25, 0.3) is 0 Å². The molecule has 2 aromatic rings. The van der Waals surface area contributed by atoms with E-state index < -0.39 is 0 Å². The van der Waals surface area contributed by atoms with Gasteiger partial charge in [-0.05, 0) is 36.0 Å². The first-order valence-corrected chi connectivity index (χ1v) is 7.51. The molecule has 0 aliphatic heterocycles. The molecule has 1 nitrogen and oxygen atoms in total. The number of nitrogens with one attached hydrogen (secondary N) is 1. The van der Waals surface area contributed by atoms with Gasteiger partial charge in [0.15, 0.2) is 0 Å². The van der Waals surface area contributed by atoms with Crippen LogP contribution < -0.4 is 5.32 Å². The molecule has 0 aliphatic carbocycles. The Kier molecular flexibility index (Phi) is 5.37. The summed E-state index contributed by atoms with van der Waals surface area (Å²) >= 11 is 0. The SMILES string of the molecule is CC(C)Cc1ccc(C(C)NCc2ccccc2)cc1. The molecule has 0 fully saturated rings. The molecule has 0 spiro atoms. The van der Waals surface area contributed by atoms with Crippen LogP contribution in [0, 0.1) is 5.92 Å². The topological polar surface area (TPSA) is 12.0 Å². The van der Waals surface area contributed by atoms with Gasteiger partial charge in [-0.15, -0.1) is 0 Å². The van der Waals surface area contributed by atoms with E-state index in [-0.39, 0.29) is 0 Å². The summed E-state index contributed by atoms with van der Waals surface area (Å²) in [6.07, 6.45) is 1.16. The standard InChI is InChI=1S/C19H25N/c1-15(2)13-17-9-11-19(12-10-17)16(3)20-14-18-7-5-4-6-8-18/h4-12,15-16,20H,13-14H2,1-3H3. The van der Waals surface area contributed by atoms with Crippen LogP contribution in [0.15, 0.2) is 54.6 Å². The van der Waals surface area contributed by atoms with Gasteiger partial charge < -0.3 is 5.32 Å². The van der Waals surface area contributed by atoms with Gasteiger partial charge in [0.2, 0.25) is 0 Å². The molecular formula is C19H25N. The zero-order valence-corrected chi connectivity index (χ0v) is 12.8. The van der Waals surface area contributed by atoms with Crippen molar-refractivity contribution in [3.63, 3.8) is 0 Å². The quantitative estimate of drug-likeness (QED) is 0.797. The van der Waals surface area contributed by atoms with Gasteiger partial charge in [0, 0.05) is 12.6 Å². The Balaban J connectivity index is 1.90. The van der Waals surface area contributed by atoms with Gasteiger partial charge in [-0.3, -0.25) is 0 Å². The van der Waals surface area contributed by atoms with Crippen molar-refractivity contribution in [2.75, 3.05) is 0 Å². The van der Waals surface area contributed by atoms with Gasteiger partial charge in [-0.2, -0.15) is 0 Å². The molecule has 1 heteroatoms. The highest BCUT2D eigenvalue weighted by Gasteiger charge is 2.05. The molecule has 1 unspecified atom stereocenters. The smallest absolute Gasteiger partial charge is 0.0294 e. The molecule has 0 aromatic heterocycles. The summed E-state index contributed by atoms with van der Waals surface area (Å²) in [5.41, 5.74) is 4.11. The average molecular weight is 267 g/mol. The van der Waals surface area contributed by atoms with Crippen LogP contribution in [-0.4, -0.2) is 0 Å². The third-order valence-electron chi connectivity index (χ3n) is 3.58. The predicted molar refractivity (Wildman–Crippen MR) is 86.7 cm³/mol. The number of benzene rings is 2. The number of rotatable bonds is 6. The van der Waals surface area contributed by atoms with Crippen LogP contribution in [0.4, 0.5) is 0 Å². The normalized spacial score (nSPS) is 12.6. The highest BCUT2D eigenvalue weighted by atomic mass is 14.9. The first-order chi connectivity index (χ1) is 9.65. The van der Waals surface area contributed by atoms with E-state index in [1.807, 2.05) is 0 Å². The first kappa shape index (κ1) is 14.8. The van der Waals surface area contributed by atoms with E-state index in [4.69, 9.17) is 0 Å². The van der Waals surface area contributed by atoms with Crippen molar-refractivity contribution in [3.05, 3.63) is 71.3 Å². The minimum Gasteiger partial charge on any atom is -0.306 e. The fourth-order valence-corrected chi connectivity index (χ4v) is 2.40. The van der Waals surface area contributed by atoms with Crippen molar-refractivity contribution in [2.45, 2.75) is 39.8 Å². The number of hydrogen-bond acceptors (Lipinski definition) is 1. The summed E-state index contributed by atoms with van der Waals surface area (Å²) in [4.78, 5) is 0. The molecule has 1 atom stereocenters. The third-order valence-corrected chi connectivity index (χ3v) is 3.58. The minimum absolute atomic E-state index is 0.378. The van der Waals surface area contributed by atoms with Gasteiger partial charge in [-0.1, -0.05) is 68.4 Å². The fraction of sp³-hybridized carbons (Fsp3) is 0.368. The van der Waals surface area contributed by atoms with Crippen molar-refractivity contribution < 1.29 is 0 Å². The molecule has 0 heterocycles. The molecule has 106 valence electrons. The zero-order chi connectivity index (χ0) is 14.4. The lowest BCUT2D eigenvalue weighted by atomic mass is 10.00. The van der Waals surface area contributed by atoms with Gasteiger partial charge in [0.1, 0.15) is 0 Å². The summed E-state index contributed by atoms with van der Waals surface area (Å²) in [5.74, 6) is 0.717. The molecule has 0 saturated carbocycles. The second-order valence-electron chi connectivity index (χ2n) is 5.93. The Morgan fingerprint density at radius 3 is 2.05 bits per heavy atom. The maximum Gasteiger partial charge on any atom is 0.0294 e. The van der Waals surface area contributed by atoms with Gasteiger partial charge in [-0.25, -0.2) is 0 Å². The molecule has 20 heavy (non-hydrogen) atoms. The molecule has 0 radical (unpaired) electrons. The van der Waals surface area contributed by atoms with Gasteiger partial charge in [0.25, 0.3) is 0 Å². The summed E-state index contributed by atoms with van der Waals surface area (Å²) in [6.45, 7) is 7.66. The maximum atomic E-state index is 3.58. The fourth-order valence-electron chi connectivity index (χ4n) is 2.40. The lowest BCUT2D eigenvalue weighted by Crippen LogP contribution is -2.18. The molecule has 0 saturated heterocycles. The number of hydrogen-bond donors (Lipinski definition) is 1. The molecule has 0 aliphatic rings. The second-order valence-corrected chi connectivity index (χ2v) is 5.93. The summed E-state index contributed by atoms with van der Waals surface area (Å²) < 4.78 is 0. The average Bonchev–Trinajstić information content (AvgIpc) is 2.46. The van der Waals surface area contributed by atoms with Crippen LogP contribution in [0.2, 0.25) is 0 Å². The Labute approximate surface area is 123 Å². The second kappa shape index (κ2) is 7.25. The molecule has 1 N–H and O–H groups in total. The van der Waals surface area contributed by atoms with E-state index in [9.17, 15) is 0 Å². The van der Waals surface area contributed by atoms with Crippen molar-refractivity contribution in [2.24, 2.45) is 5.92 Å². The molecule has 0 amide bonds. The summed E-state index contributed by atoms with van der Waals surface area (Å²) in [5, 5.41) is 3.58. The lowest BCUT2D eigenvalue weighted by Gasteiger charge is -2.15. The molecule has 0 bridgehead atoms. The largest absolute Gasteiger partial charge is 0.306 e. The Morgan fingerprint density at radius 1 is 0.800 bits per heavy atom. The van der Waals surface area contributed by atoms with Crippen LogP contribution in [0.3, 0.4) is 0 Å². The summed E-state index contributed by atoms with van der Waals surface area (Å²) in [7, 11) is 0. The highest BCUT2D eigenvalue weighted by molar-refractivity contribution is 5.25. The summed E-state index contributed by atoms with van der Waals surface area (Å²) in [6, 6.07) is 19.9. The van der Waals surface area contributed by atoms with Crippen molar-refractivity contribution in [1.82, 2.24) is 5.32 Å². The van der Waals surface area contributed by atoms with Crippen molar-refractivity contribution >= 4 is 0 Å². The Bertz CT molecular complexity index is 499. The van der Waals surface area contributed by atoms with Gasteiger partial charge in [0.05, 0.1) is 0 Å². The monoisotopic (exact) mass is 267 g/mol. The van der Waals surface area contributed by atoms with E-state index in [1.54, 1.807) is 0 Å². The molecule has 2 rings (SSSR count). The van der Waals surface area contributed by atoms with E-state index in [2.05, 4.69) is 80.7 Å². The third kappa shape index (κ3) is 4.50. The van der Waals surface area contributed by atoms with Crippen LogP contribution in [-0.2, 0) is 13.0 Å². The van der Waals surface area contributed by atoms with Crippen molar-refractivity contribution in [1.29, 1.82) is 0 Å². The van der Waals surface area contributed by atoms with E-state index in [0.717, 1.165) is 18.9 Å². The van der Waals surface area contributed by atoms with E-state index >= 15 is 0 Å². The van der Waals surface area contributed by atoms with Crippen molar-refractivity contribution in [3.8, 4) is 0 Å². The lowest BCUT2D eigenvalue weighted by molar-refractivity contribution is 0.574. The predicted octanol–water partition coefficient (Wildman–Crippen LogP) is 4.74. The Hall–Kier alpha value is -1.60. The van der Waals surface area contributed by atoms with E-state index in [1.165, 1.54) is 16.7 Å². The minimum atomic E-state index is 0.378.